The van der Waals surface area contributed by atoms with Crippen molar-refractivity contribution in [3.63, 3.8) is 0 Å². The molecular formula is C25H47Br2N2O9PSi2. The largest absolute Gasteiger partial charge is 0.476 e. The van der Waals surface area contributed by atoms with Gasteiger partial charge in [-0.3, -0.25) is 27.9 Å². The van der Waals surface area contributed by atoms with Crippen molar-refractivity contribution < 1.29 is 31.7 Å². The van der Waals surface area contributed by atoms with E-state index in [4.69, 9.17) is 27.2 Å². The molecule has 0 bridgehead atoms. The minimum atomic E-state index is -4.17. The van der Waals surface area contributed by atoms with Gasteiger partial charge in [-0.05, 0) is 43.2 Å². The number of phosphoric acid groups is 1. The van der Waals surface area contributed by atoms with Crippen molar-refractivity contribution in [2.45, 2.75) is 114 Å². The molecule has 16 heteroatoms. The van der Waals surface area contributed by atoms with Gasteiger partial charge in [0.05, 0.1) is 13.2 Å². The van der Waals surface area contributed by atoms with Crippen LogP contribution in [0.15, 0.2) is 21.9 Å². The Labute approximate surface area is 262 Å². The van der Waals surface area contributed by atoms with Crippen LogP contribution in [0.4, 0.5) is 0 Å². The lowest BCUT2D eigenvalue weighted by Gasteiger charge is -2.41. The highest BCUT2D eigenvalue weighted by atomic mass is 79.9. The van der Waals surface area contributed by atoms with Crippen LogP contribution in [0.25, 0.3) is 0 Å². The summed E-state index contributed by atoms with van der Waals surface area (Å²) in [4.78, 5) is 27.1. The lowest BCUT2D eigenvalue weighted by Crippen LogP contribution is -2.50. The molecule has 1 saturated heterocycles. The molecule has 0 amide bonds. The SMILES string of the molecule is CCOP(=O)(OC(Br)CBr)O[C@H]1[C@@H](O[Si](C)(C)C(C)(C)C)[C@H](n2ccc(=O)[nH]c2=O)O[C@@H]1CO[Si](C)(C)C(C)(C)C. The van der Waals surface area contributed by atoms with Gasteiger partial charge >= 0.3 is 13.5 Å². The molecule has 1 aliphatic rings. The van der Waals surface area contributed by atoms with E-state index in [0.29, 0.717) is 5.33 Å². The van der Waals surface area contributed by atoms with Crippen molar-refractivity contribution in [2.75, 3.05) is 18.5 Å². The maximum Gasteiger partial charge on any atom is 0.476 e. The fourth-order valence-corrected chi connectivity index (χ4v) is 8.18. The van der Waals surface area contributed by atoms with Crippen LogP contribution in [-0.4, -0.2) is 68.1 Å². The van der Waals surface area contributed by atoms with E-state index in [2.05, 4.69) is 105 Å². The Morgan fingerprint density at radius 2 is 1.66 bits per heavy atom. The summed E-state index contributed by atoms with van der Waals surface area (Å²) in [6.07, 6.45) is -2.39. The van der Waals surface area contributed by atoms with Gasteiger partial charge in [-0.2, -0.15) is 0 Å². The number of ether oxygens (including phenoxy) is 1. The third-order valence-corrected chi connectivity index (χ3v) is 20.8. The van der Waals surface area contributed by atoms with Crippen LogP contribution < -0.4 is 11.2 Å². The molecule has 0 aromatic carbocycles. The lowest BCUT2D eigenvalue weighted by atomic mass is 10.1. The Bertz CT molecular complexity index is 1180. The van der Waals surface area contributed by atoms with E-state index >= 15 is 0 Å². The molecule has 11 nitrogen and oxygen atoms in total. The number of aromatic amines is 1. The molecule has 0 radical (unpaired) electrons. The number of nitrogens with one attached hydrogen (secondary N) is 1. The molecule has 1 fully saturated rings. The maximum absolute atomic E-state index is 13.9. The molecule has 2 rings (SSSR count). The number of H-pyrrole nitrogens is 1. The molecule has 0 saturated carbocycles. The first-order valence-electron chi connectivity index (χ1n) is 13.7. The zero-order valence-corrected chi connectivity index (χ0v) is 32.1. The van der Waals surface area contributed by atoms with Crippen molar-refractivity contribution in [1.29, 1.82) is 0 Å². The fraction of sp³-hybridized carbons (Fsp3) is 0.840. The third kappa shape index (κ3) is 9.53. The van der Waals surface area contributed by atoms with Crippen LogP contribution in [0.5, 0.6) is 0 Å². The molecule has 0 spiro atoms. The second-order valence-electron chi connectivity index (χ2n) is 13.1. The Morgan fingerprint density at radius 3 is 2.15 bits per heavy atom. The van der Waals surface area contributed by atoms with Gasteiger partial charge in [0, 0.05) is 17.6 Å². The van der Waals surface area contributed by atoms with E-state index in [-0.39, 0.29) is 23.3 Å². The number of hydrogen-bond acceptors (Lipinski definition) is 9. The summed E-state index contributed by atoms with van der Waals surface area (Å²) in [7, 11) is -8.96. The van der Waals surface area contributed by atoms with Crippen LogP contribution in [0.2, 0.25) is 36.3 Å². The van der Waals surface area contributed by atoms with Gasteiger partial charge < -0.3 is 13.6 Å². The molecule has 238 valence electrons. The van der Waals surface area contributed by atoms with Gasteiger partial charge in [0.1, 0.15) is 23.3 Å². The molecule has 1 aromatic heterocycles. The quantitative estimate of drug-likeness (QED) is 0.136. The predicted octanol–water partition coefficient (Wildman–Crippen LogP) is 6.51. The van der Waals surface area contributed by atoms with E-state index in [1.807, 2.05) is 0 Å². The molecule has 1 N–H and O–H groups in total. The van der Waals surface area contributed by atoms with Crippen LogP contribution in [0.1, 0.15) is 54.7 Å². The molecule has 0 aliphatic carbocycles. The highest BCUT2D eigenvalue weighted by molar-refractivity contribution is 9.12. The summed E-state index contributed by atoms with van der Waals surface area (Å²) < 4.78 is 52.5. The topological polar surface area (TPSA) is 127 Å². The summed E-state index contributed by atoms with van der Waals surface area (Å²) in [5, 5.41) is -0.644. The van der Waals surface area contributed by atoms with Crippen LogP contribution in [-0.2, 0) is 31.7 Å². The minimum Gasteiger partial charge on any atom is -0.414 e. The molecule has 41 heavy (non-hydrogen) atoms. The zero-order valence-electron chi connectivity index (χ0n) is 26.0. The number of aromatic nitrogens is 2. The van der Waals surface area contributed by atoms with Gasteiger partial charge in [-0.25, -0.2) is 9.36 Å². The minimum absolute atomic E-state index is 0.0641. The Kier molecular flexibility index (Phi) is 12.7. The highest BCUT2D eigenvalue weighted by Gasteiger charge is 2.55. The molecule has 1 aliphatic heterocycles. The van der Waals surface area contributed by atoms with Crippen molar-refractivity contribution in [3.8, 4) is 0 Å². The van der Waals surface area contributed by atoms with E-state index in [1.54, 1.807) is 6.92 Å². The van der Waals surface area contributed by atoms with Gasteiger partial charge in [-0.15, -0.1) is 0 Å². The van der Waals surface area contributed by atoms with Crippen LogP contribution in [0, 0.1) is 0 Å². The first kappa shape index (κ1) is 37.3. The lowest BCUT2D eigenvalue weighted by molar-refractivity contribution is -0.0518. The number of halogens is 2. The van der Waals surface area contributed by atoms with Gasteiger partial charge in [0.15, 0.2) is 22.9 Å². The normalized spacial score (nSPS) is 24.8. The summed E-state index contributed by atoms with van der Waals surface area (Å²) in [6.45, 7) is 22.8. The smallest absolute Gasteiger partial charge is 0.414 e. The van der Waals surface area contributed by atoms with Crippen molar-refractivity contribution in [1.82, 2.24) is 9.55 Å². The Morgan fingerprint density at radius 1 is 1.07 bits per heavy atom. The van der Waals surface area contributed by atoms with E-state index in [1.165, 1.54) is 16.8 Å². The van der Waals surface area contributed by atoms with Gasteiger partial charge in [0.2, 0.25) is 0 Å². The van der Waals surface area contributed by atoms with E-state index in [0.717, 1.165) is 0 Å². The number of rotatable bonds is 13. The van der Waals surface area contributed by atoms with Crippen molar-refractivity contribution in [3.05, 3.63) is 33.1 Å². The first-order chi connectivity index (χ1) is 18.6. The maximum atomic E-state index is 13.9. The predicted molar refractivity (Wildman–Crippen MR) is 172 cm³/mol. The van der Waals surface area contributed by atoms with E-state index in [9.17, 15) is 14.2 Å². The molecule has 1 aromatic rings. The highest BCUT2D eigenvalue weighted by Crippen LogP contribution is 2.56. The molecule has 2 heterocycles. The molecule has 2 unspecified atom stereocenters. The summed E-state index contributed by atoms with van der Waals surface area (Å²) >= 11 is 6.63. The monoisotopic (exact) mass is 764 g/mol. The van der Waals surface area contributed by atoms with E-state index < -0.39 is 65.3 Å². The second-order valence-corrected chi connectivity index (χ2v) is 25.9. The van der Waals surface area contributed by atoms with Crippen molar-refractivity contribution >= 4 is 56.3 Å². The van der Waals surface area contributed by atoms with Gasteiger partial charge in [-0.1, -0.05) is 73.4 Å². The number of nitrogens with zero attached hydrogens (tertiary/aromatic N) is 1. The van der Waals surface area contributed by atoms with Crippen LogP contribution in [0.3, 0.4) is 0 Å². The third-order valence-electron chi connectivity index (χ3n) is 7.97. The average molecular weight is 767 g/mol. The molecule has 6 atom stereocenters. The second kappa shape index (κ2) is 14.0. The summed E-state index contributed by atoms with van der Waals surface area (Å²) in [5.41, 5.74) is -1.20. The summed E-state index contributed by atoms with van der Waals surface area (Å²) in [5.74, 6) is 0. The molecular weight excluding hydrogens is 719 g/mol. The standard InChI is InChI=1S/C25H47Br2N2O9PSi2/c1-12-33-39(32,36-18(27)15-26)37-20-17(16-34-40(8,9)24(2,3)4)35-22(29-14-13-19(30)28-23(29)31)21(20)38-41(10,11)25(5,6)7/h13-14,17-18,20-22H,12,15-16H2,1-11H3,(H,28,30,31)/t17-,18?,20-,21-,22-,39?/m1/s1. The fourth-order valence-electron chi connectivity index (χ4n) is 3.53. The summed E-state index contributed by atoms with van der Waals surface area (Å²) in [6, 6.07) is 1.24. The zero-order chi connectivity index (χ0) is 31.6. The average Bonchev–Trinajstić information content (AvgIpc) is 3.12. The number of phosphoric ester groups is 1. The Hall–Kier alpha value is 0.0638. The van der Waals surface area contributed by atoms with Crippen molar-refractivity contribution in [2.24, 2.45) is 0 Å². The van der Waals surface area contributed by atoms with Crippen LogP contribution >= 0.6 is 39.7 Å². The Balaban J connectivity index is 2.68. The first-order valence-corrected chi connectivity index (χ1v) is 23.0. The van der Waals surface area contributed by atoms with Gasteiger partial charge in [0.25, 0.3) is 5.56 Å². The number of hydrogen-bond donors (Lipinski definition) is 1. The number of alkyl halides is 2.